The summed E-state index contributed by atoms with van der Waals surface area (Å²) in [5.74, 6) is 0.865. The smallest absolute Gasteiger partial charge is 0.178 e. The summed E-state index contributed by atoms with van der Waals surface area (Å²) in [5, 5.41) is 0. The summed E-state index contributed by atoms with van der Waals surface area (Å²) in [5.41, 5.74) is 4.68. The summed E-state index contributed by atoms with van der Waals surface area (Å²) in [4.78, 5) is 3.29. The Bertz CT molecular complexity index is 830. The number of hydrogen-bond acceptors (Lipinski definition) is 2. The summed E-state index contributed by atoms with van der Waals surface area (Å²) in [7, 11) is 1.68. The van der Waals surface area contributed by atoms with Crippen LogP contribution in [-0.2, 0) is 0 Å². The molecular formula is C17H18N2OS. The first-order valence-electron chi connectivity index (χ1n) is 6.95. The van der Waals surface area contributed by atoms with E-state index < -0.39 is 0 Å². The average molecular weight is 298 g/mol. The number of para-hydroxylation sites is 1. The van der Waals surface area contributed by atoms with Crippen molar-refractivity contribution in [3.63, 3.8) is 0 Å². The Kier molecular flexibility index (Phi) is 3.55. The Labute approximate surface area is 129 Å². The van der Waals surface area contributed by atoms with Gasteiger partial charge in [-0.3, -0.25) is 0 Å². The first-order valence-corrected chi connectivity index (χ1v) is 7.36. The first kappa shape index (κ1) is 13.9. The van der Waals surface area contributed by atoms with Gasteiger partial charge in [0.25, 0.3) is 0 Å². The predicted molar refractivity (Wildman–Crippen MR) is 88.7 cm³/mol. The third kappa shape index (κ3) is 2.36. The molecule has 1 N–H and O–H groups in total. The molecule has 0 aliphatic heterocycles. The summed E-state index contributed by atoms with van der Waals surface area (Å²) >= 11 is 5.52. The van der Waals surface area contributed by atoms with Gasteiger partial charge in [0.15, 0.2) is 4.77 Å². The fourth-order valence-electron chi connectivity index (χ4n) is 2.76. The molecule has 0 saturated heterocycles. The van der Waals surface area contributed by atoms with Crippen molar-refractivity contribution in [3.8, 4) is 5.75 Å². The second-order valence-electron chi connectivity index (χ2n) is 5.22. The molecule has 108 valence electrons. The molecular weight excluding hydrogens is 280 g/mol. The molecule has 2 aromatic carbocycles. The topological polar surface area (TPSA) is 29.9 Å². The highest BCUT2D eigenvalue weighted by Gasteiger charge is 2.14. The number of benzene rings is 2. The zero-order valence-corrected chi connectivity index (χ0v) is 13.2. The molecule has 0 aliphatic rings. The van der Waals surface area contributed by atoms with Gasteiger partial charge in [0, 0.05) is 0 Å². The lowest BCUT2D eigenvalue weighted by Crippen LogP contribution is -2.07. The van der Waals surface area contributed by atoms with Crippen LogP contribution in [0.15, 0.2) is 42.5 Å². The van der Waals surface area contributed by atoms with E-state index in [9.17, 15) is 0 Å². The number of methoxy groups -OCH3 is 1. The lowest BCUT2D eigenvalue weighted by molar-refractivity contribution is 0.414. The van der Waals surface area contributed by atoms with Crippen molar-refractivity contribution in [2.24, 2.45) is 0 Å². The van der Waals surface area contributed by atoms with Gasteiger partial charge in [0.05, 0.1) is 24.2 Å². The second-order valence-corrected chi connectivity index (χ2v) is 5.61. The van der Waals surface area contributed by atoms with Crippen molar-refractivity contribution in [2.75, 3.05) is 7.11 Å². The van der Waals surface area contributed by atoms with Crippen LogP contribution in [0.5, 0.6) is 5.75 Å². The molecule has 1 aromatic heterocycles. The molecule has 0 aliphatic carbocycles. The number of nitrogens with zero attached hydrogens (tertiary/aromatic N) is 1. The molecule has 0 saturated carbocycles. The van der Waals surface area contributed by atoms with E-state index in [1.165, 1.54) is 16.6 Å². The Morgan fingerprint density at radius 2 is 1.86 bits per heavy atom. The van der Waals surface area contributed by atoms with Crippen LogP contribution in [0.4, 0.5) is 0 Å². The number of fused-ring (bicyclic) bond motifs is 1. The number of hydrogen-bond donors (Lipinski definition) is 1. The Morgan fingerprint density at radius 1 is 1.14 bits per heavy atom. The zero-order chi connectivity index (χ0) is 15.0. The molecule has 1 atom stereocenters. The zero-order valence-electron chi connectivity index (χ0n) is 12.4. The number of rotatable bonds is 3. The minimum Gasteiger partial charge on any atom is -0.497 e. The van der Waals surface area contributed by atoms with Crippen molar-refractivity contribution in [3.05, 3.63) is 58.4 Å². The third-order valence-electron chi connectivity index (χ3n) is 3.92. The van der Waals surface area contributed by atoms with Crippen LogP contribution in [0, 0.1) is 11.7 Å². The number of aryl methyl sites for hydroxylation is 1. The number of ether oxygens (including phenoxy) is 1. The summed E-state index contributed by atoms with van der Waals surface area (Å²) in [6.45, 7) is 4.28. The van der Waals surface area contributed by atoms with E-state index in [1.807, 2.05) is 18.2 Å². The number of aromatic nitrogens is 2. The van der Waals surface area contributed by atoms with E-state index >= 15 is 0 Å². The van der Waals surface area contributed by atoms with E-state index in [2.05, 4.69) is 47.7 Å². The highest BCUT2D eigenvalue weighted by Crippen LogP contribution is 2.27. The van der Waals surface area contributed by atoms with E-state index in [1.54, 1.807) is 7.11 Å². The van der Waals surface area contributed by atoms with E-state index in [-0.39, 0.29) is 6.04 Å². The fraction of sp³-hybridized carbons (Fsp3) is 0.235. The minimum atomic E-state index is 0.165. The van der Waals surface area contributed by atoms with Crippen LogP contribution in [0.3, 0.4) is 0 Å². The van der Waals surface area contributed by atoms with Gasteiger partial charge in [-0.15, -0.1) is 0 Å². The predicted octanol–water partition coefficient (Wildman–Crippen LogP) is 4.63. The average Bonchev–Trinajstić information content (AvgIpc) is 2.84. The van der Waals surface area contributed by atoms with Crippen LogP contribution < -0.4 is 4.74 Å². The van der Waals surface area contributed by atoms with Crippen molar-refractivity contribution >= 4 is 23.3 Å². The van der Waals surface area contributed by atoms with Crippen LogP contribution in [0.1, 0.15) is 24.1 Å². The number of nitrogens with one attached hydrogen (secondary N) is 1. The highest BCUT2D eigenvalue weighted by molar-refractivity contribution is 7.71. The molecule has 0 amide bonds. The maximum atomic E-state index is 5.52. The fourth-order valence-corrected chi connectivity index (χ4v) is 3.12. The first-order chi connectivity index (χ1) is 10.1. The molecule has 0 spiro atoms. The van der Waals surface area contributed by atoms with Gasteiger partial charge < -0.3 is 14.3 Å². The van der Waals surface area contributed by atoms with Crippen LogP contribution in [0.2, 0.25) is 0 Å². The number of imidazole rings is 1. The molecule has 0 fully saturated rings. The molecule has 3 aromatic rings. The van der Waals surface area contributed by atoms with Crippen LogP contribution >= 0.6 is 12.2 Å². The lowest BCUT2D eigenvalue weighted by atomic mass is 10.1. The van der Waals surface area contributed by atoms with Crippen molar-refractivity contribution in [1.29, 1.82) is 0 Å². The van der Waals surface area contributed by atoms with Gasteiger partial charge in [-0.05, 0) is 55.4 Å². The quantitative estimate of drug-likeness (QED) is 0.715. The van der Waals surface area contributed by atoms with Crippen molar-refractivity contribution < 1.29 is 4.74 Å². The molecule has 3 rings (SSSR count). The summed E-state index contributed by atoms with van der Waals surface area (Å²) < 4.78 is 8.15. The van der Waals surface area contributed by atoms with Crippen molar-refractivity contribution in [1.82, 2.24) is 9.55 Å². The minimum absolute atomic E-state index is 0.165. The van der Waals surface area contributed by atoms with Crippen LogP contribution in [0.25, 0.3) is 11.0 Å². The van der Waals surface area contributed by atoms with Gasteiger partial charge in [0.1, 0.15) is 5.75 Å². The van der Waals surface area contributed by atoms with Gasteiger partial charge in [-0.25, -0.2) is 0 Å². The van der Waals surface area contributed by atoms with E-state index in [0.29, 0.717) is 0 Å². The molecule has 3 nitrogen and oxygen atoms in total. The van der Waals surface area contributed by atoms with Gasteiger partial charge >= 0.3 is 0 Å². The second kappa shape index (κ2) is 5.37. The standard InChI is InChI=1S/C17H18N2OS/c1-11-5-4-6-15-16(11)19(17(21)18-15)12(2)13-7-9-14(20-3)10-8-13/h4-10,12H,1-3H3,(H,18,21). The summed E-state index contributed by atoms with van der Waals surface area (Å²) in [6, 6.07) is 14.5. The van der Waals surface area contributed by atoms with Crippen molar-refractivity contribution in [2.45, 2.75) is 19.9 Å². The van der Waals surface area contributed by atoms with Gasteiger partial charge in [-0.2, -0.15) is 0 Å². The molecule has 21 heavy (non-hydrogen) atoms. The Balaban J connectivity index is 2.14. The lowest BCUT2D eigenvalue weighted by Gasteiger charge is -2.16. The number of aromatic amines is 1. The Morgan fingerprint density at radius 3 is 2.52 bits per heavy atom. The highest BCUT2D eigenvalue weighted by atomic mass is 32.1. The molecule has 0 radical (unpaired) electrons. The monoisotopic (exact) mass is 298 g/mol. The van der Waals surface area contributed by atoms with E-state index in [4.69, 9.17) is 17.0 Å². The number of H-pyrrole nitrogens is 1. The molecule has 1 heterocycles. The molecule has 4 heteroatoms. The molecule has 0 bridgehead atoms. The summed E-state index contributed by atoms with van der Waals surface area (Å²) in [6.07, 6.45) is 0. The van der Waals surface area contributed by atoms with Crippen LogP contribution in [-0.4, -0.2) is 16.7 Å². The third-order valence-corrected chi connectivity index (χ3v) is 4.22. The molecule has 1 unspecified atom stereocenters. The Hall–Kier alpha value is -2.07. The largest absolute Gasteiger partial charge is 0.497 e. The SMILES string of the molecule is COc1ccc(C(C)n2c(=S)[nH]c3cccc(C)c32)cc1. The normalized spacial score (nSPS) is 12.5. The maximum Gasteiger partial charge on any atom is 0.178 e. The van der Waals surface area contributed by atoms with Gasteiger partial charge in [0.2, 0.25) is 0 Å². The maximum absolute atomic E-state index is 5.52. The van der Waals surface area contributed by atoms with Gasteiger partial charge in [-0.1, -0.05) is 24.3 Å². The van der Waals surface area contributed by atoms with E-state index in [0.717, 1.165) is 16.0 Å².